The van der Waals surface area contributed by atoms with Crippen LogP contribution in [0.4, 0.5) is 14.5 Å². The molecule has 2 aromatic carbocycles. The second-order valence-corrected chi connectivity index (χ2v) is 7.88. The van der Waals surface area contributed by atoms with Crippen LogP contribution in [0.2, 0.25) is 0 Å². The Morgan fingerprint density at radius 1 is 1.03 bits per heavy atom. The number of fused-ring (bicyclic) bond motifs is 1. The number of halogens is 2. The Morgan fingerprint density at radius 3 is 2.42 bits per heavy atom. The summed E-state index contributed by atoms with van der Waals surface area (Å²) in [5.41, 5.74) is 0.256. The van der Waals surface area contributed by atoms with Gasteiger partial charge in [-0.05, 0) is 56.5 Å². The fourth-order valence-corrected chi connectivity index (χ4v) is 3.66. The number of amides is 1. The highest BCUT2D eigenvalue weighted by atomic mass is 19.2. The fraction of sp³-hybridized carbons (Fsp3) is 0.375. The van der Waals surface area contributed by atoms with Crippen LogP contribution in [0.25, 0.3) is 10.9 Å². The van der Waals surface area contributed by atoms with Crippen molar-refractivity contribution >= 4 is 22.5 Å². The Morgan fingerprint density at radius 2 is 1.76 bits per heavy atom. The molecule has 1 N–H and O–H groups in total. The number of anilines is 1. The van der Waals surface area contributed by atoms with Gasteiger partial charge < -0.3 is 10.1 Å². The van der Waals surface area contributed by atoms with Crippen molar-refractivity contribution in [2.24, 2.45) is 5.92 Å². The maximum atomic E-state index is 13.2. The van der Waals surface area contributed by atoms with E-state index in [-0.39, 0.29) is 48.4 Å². The molecule has 0 saturated heterocycles. The molecule has 7 nitrogen and oxygen atoms in total. The highest BCUT2D eigenvalue weighted by Gasteiger charge is 2.14. The third kappa shape index (κ3) is 5.47. The molecule has 176 valence electrons. The fourth-order valence-electron chi connectivity index (χ4n) is 3.66. The van der Waals surface area contributed by atoms with E-state index in [1.807, 2.05) is 13.8 Å². The number of aromatic nitrogens is 2. The standard InChI is InChI=1S/C24H27F2N3O4/c1-4-28-21-9-6-16(13-18(21)23(31)29(5-2)24(28)32)27-22(30)12-15(3)10-11-33-17-7-8-19(25)20(26)14-17/h6-9,13-15H,4-5,10-12H2,1-3H3,(H,27,30). The summed E-state index contributed by atoms with van der Waals surface area (Å²) in [5.74, 6) is -1.94. The summed E-state index contributed by atoms with van der Waals surface area (Å²) >= 11 is 0. The molecule has 0 aliphatic carbocycles. The van der Waals surface area contributed by atoms with Gasteiger partial charge in [-0.15, -0.1) is 0 Å². The third-order valence-electron chi connectivity index (χ3n) is 5.45. The monoisotopic (exact) mass is 459 g/mol. The van der Waals surface area contributed by atoms with Crippen LogP contribution in [0.1, 0.15) is 33.6 Å². The van der Waals surface area contributed by atoms with Crippen molar-refractivity contribution < 1.29 is 18.3 Å². The summed E-state index contributed by atoms with van der Waals surface area (Å²) in [6, 6.07) is 8.25. The van der Waals surface area contributed by atoms with Gasteiger partial charge in [-0.25, -0.2) is 13.6 Å². The van der Waals surface area contributed by atoms with Gasteiger partial charge in [0.1, 0.15) is 5.75 Å². The van der Waals surface area contributed by atoms with Crippen molar-refractivity contribution in [1.29, 1.82) is 0 Å². The van der Waals surface area contributed by atoms with E-state index < -0.39 is 11.6 Å². The molecule has 33 heavy (non-hydrogen) atoms. The molecule has 1 unspecified atom stereocenters. The van der Waals surface area contributed by atoms with E-state index in [0.29, 0.717) is 29.6 Å². The molecule has 0 saturated carbocycles. The molecule has 0 bridgehead atoms. The minimum atomic E-state index is -0.975. The van der Waals surface area contributed by atoms with E-state index in [4.69, 9.17) is 4.74 Å². The Kier molecular flexibility index (Phi) is 7.63. The van der Waals surface area contributed by atoms with Crippen molar-refractivity contribution in [2.45, 2.75) is 46.7 Å². The van der Waals surface area contributed by atoms with E-state index in [0.717, 1.165) is 12.1 Å². The van der Waals surface area contributed by atoms with Gasteiger partial charge in [0.25, 0.3) is 5.56 Å². The zero-order valence-corrected chi connectivity index (χ0v) is 18.9. The summed E-state index contributed by atoms with van der Waals surface area (Å²) in [7, 11) is 0. The third-order valence-corrected chi connectivity index (χ3v) is 5.45. The second kappa shape index (κ2) is 10.4. The summed E-state index contributed by atoms with van der Waals surface area (Å²) < 4.78 is 34.3. The number of hydrogen-bond donors (Lipinski definition) is 1. The number of carbonyl (C=O) groups is 1. The zero-order chi connectivity index (χ0) is 24.1. The molecule has 0 aliphatic heterocycles. The predicted molar refractivity (Wildman–Crippen MR) is 123 cm³/mol. The molecule has 0 radical (unpaired) electrons. The van der Waals surface area contributed by atoms with E-state index in [1.165, 1.54) is 15.2 Å². The Labute approximate surface area is 189 Å². The second-order valence-electron chi connectivity index (χ2n) is 7.88. The summed E-state index contributed by atoms with van der Waals surface area (Å²) in [4.78, 5) is 37.7. The maximum Gasteiger partial charge on any atom is 0.331 e. The summed E-state index contributed by atoms with van der Waals surface area (Å²) in [6.07, 6.45) is 0.751. The molecule has 1 atom stereocenters. The average Bonchev–Trinajstić information content (AvgIpc) is 2.77. The van der Waals surface area contributed by atoms with Crippen LogP contribution < -0.4 is 21.3 Å². The van der Waals surface area contributed by atoms with Gasteiger partial charge in [0, 0.05) is 31.3 Å². The number of benzene rings is 2. The molecular weight excluding hydrogens is 432 g/mol. The van der Waals surface area contributed by atoms with E-state index in [1.54, 1.807) is 25.1 Å². The largest absolute Gasteiger partial charge is 0.493 e. The van der Waals surface area contributed by atoms with Gasteiger partial charge in [-0.2, -0.15) is 0 Å². The first-order chi connectivity index (χ1) is 15.7. The minimum Gasteiger partial charge on any atom is -0.493 e. The van der Waals surface area contributed by atoms with E-state index in [9.17, 15) is 23.2 Å². The molecule has 0 fully saturated rings. The molecule has 0 spiro atoms. The van der Waals surface area contributed by atoms with Crippen molar-refractivity contribution in [1.82, 2.24) is 9.13 Å². The van der Waals surface area contributed by atoms with Gasteiger partial charge in [-0.1, -0.05) is 6.92 Å². The lowest BCUT2D eigenvalue weighted by Crippen LogP contribution is -2.39. The number of nitrogens with one attached hydrogen (secondary N) is 1. The topological polar surface area (TPSA) is 82.3 Å². The number of hydrogen-bond acceptors (Lipinski definition) is 4. The predicted octanol–water partition coefficient (Wildman–Crippen LogP) is 3.92. The highest BCUT2D eigenvalue weighted by Crippen LogP contribution is 2.19. The Balaban J connectivity index is 1.63. The quantitative estimate of drug-likeness (QED) is 0.526. The summed E-state index contributed by atoms with van der Waals surface area (Å²) in [6.45, 7) is 6.38. The molecule has 1 amide bonds. The smallest absolute Gasteiger partial charge is 0.331 e. The van der Waals surface area contributed by atoms with Crippen molar-refractivity contribution in [3.05, 3.63) is 68.9 Å². The van der Waals surface area contributed by atoms with Gasteiger partial charge in [0.15, 0.2) is 11.6 Å². The lowest BCUT2D eigenvalue weighted by atomic mass is 10.0. The molecular formula is C24H27F2N3O4. The van der Waals surface area contributed by atoms with Gasteiger partial charge in [-0.3, -0.25) is 18.7 Å². The molecule has 1 aromatic heterocycles. The van der Waals surface area contributed by atoms with Crippen LogP contribution >= 0.6 is 0 Å². The molecule has 3 rings (SSSR count). The average molecular weight is 459 g/mol. The Bertz CT molecular complexity index is 1280. The first-order valence-corrected chi connectivity index (χ1v) is 10.9. The first kappa shape index (κ1) is 24.2. The normalized spacial score (nSPS) is 12.0. The number of carbonyl (C=O) groups excluding carboxylic acids is 1. The lowest BCUT2D eigenvalue weighted by molar-refractivity contribution is -0.117. The minimum absolute atomic E-state index is 0.0293. The van der Waals surface area contributed by atoms with Crippen molar-refractivity contribution in [2.75, 3.05) is 11.9 Å². The van der Waals surface area contributed by atoms with E-state index >= 15 is 0 Å². The lowest BCUT2D eigenvalue weighted by Gasteiger charge is -2.14. The van der Waals surface area contributed by atoms with Crippen LogP contribution in [0.3, 0.4) is 0 Å². The van der Waals surface area contributed by atoms with Gasteiger partial charge >= 0.3 is 5.69 Å². The number of ether oxygens (including phenoxy) is 1. The van der Waals surface area contributed by atoms with Crippen LogP contribution in [0.5, 0.6) is 5.75 Å². The van der Waals surface area contributed by atoms with Gasteiger partial charge in [0.05, 0.1) is 17.5 Å². The molecule has 9 heteroatoms. The molecule has 3 aromatic rings. The SMILES string of the molecule is CCn1c(=O)c2cc(NC(=O)CC(C)CCOc3ccc(F)c(F)c3)ccc2n(CC)c1=O. The zero-order valence-electron chi connectivity index (χ0n) is 18.9. The van der Waals surface area contributed by atoms with Crippen LogP contribution in [-0.4, -0.2) is 21.6 Å². The summed E-state index contributed by atoms with van der Waals surface area (Å²) in [5, 5.41) is 3.16. The highest BCUT2D eigenvalue weighted by molar-refractivity contribution is 5.93. The number of rotatable bonds is 9. The first-order valence-electron chi connectivity index (χ1n) is 10.9. The number of aryl methyl sites for hydroxylation is 1. The Hall–Kier alpha value is -3.49. The van der Waals surface area contributed by atoms with E-state index in [2.05, 4.69) is 5.32 Å². The maximum absolute atomic E-state index is 13.2. The van der Waals surface area contributed by atoms with Gasteiger partial charge in [0.2, 0.25) is 5.91 Å². The molecule has 0 aliphatic rings. The van der Waals surface area contributed by atoms with Crippen LogP contribution in [0.15, 0.2) is 46.0 Å². The molecule has 1 heterocycles. The number of nitrogens with zero attached hydrogens (tertiary/aromatic N) is 2. The van der Waals surface area contributed by atoms with Crippen molar-refractivity contribution in [3.63, 3.8) is 0 Å². The van der Waals surface area contributed by atoms with Crippen LogP contribution in [0, 0.1) is 17.6 Å². The van der Waals surface area contributed by atoms with Crippen molar-refractivity contribution in [3.8, 4) is 5.75 Å². The van der Waals surface area contributed by atoms with Crippen LogP contribution in [-0.2, 0) is 17.9 Å².